The van der Waals surface area contributed by atoms with Crippen LogP contribution in [0.2, 0.25) is 0 Å². The van der Waals surface area contributed by atoms with Crippen LogP contribution in [0, 0.1) is 0 Å². The molecule has 0 radical (unpaired) electrons. The van der Waals surface area contributed by atoms with Gasteiger partial charge in [0.2, 0.25) is 0 Å². The monoisotopic (exact) mass is 446 g/mol. The van der Waals surface area contributed by atoms with E-state index in [2.05, 4.69) is 25.9 Å². The summed E-state index contributed by atoms with van der Waals surface area (Å²) in [6, 6.07) is 3.54. The number of benzene rings is 1. The molecular weight excluding hydrogens is 428 g/mol. The summed E-state index contributed by atoms with van der Waals surface area (Å²) >= 11 is 4.97. The molecule has 0 saturated heterocycles. The quantitative estimate of drug-likeness (QED) is 0.597. The Hall–Kier alpha value is -2.12. The van der Waals surface area contributed by atoms with E-state index in [4.69, 9.17) is 4.74 Å². The fourth-order valence-electron chi connectivity index (χ4n) is 3.39. The Bertz CT molecular complexity index is 1100. The molecule has 0 fully saturated rings. The van der Waals surface area contributed by atoms with Crippen molar-refractivity contribution in [3.8, 4) is 11.5 Å². The van der Waals surface area contributed by atoms with E-state index >= 15 is 0 Å². The zero-order chi connectivity index (χ0) is 19.0. The first-order valence-electron chi connectivity index (χ1n) is 8.94. The van der Waals surface area contributed by atoms with Crippen molar-refractivity contribution in [2.45, 2.75) is 32.6 Å². The molecule has 0 aliphatic heterocycles. The first kappa shape index (κ1) is 18.3. The van der Waals surface area contributed by atoms with E-state index in [-0.39, 0.29) is 11.3 Å². The number of phenols is 1. The van der Waals surface area contributed by atoms with Gasteiger partial charge >= 0.3 is 0 Å². The lowest BCUT2D eigenvalue weighted by atomic mass is 9.97. The minimum Gasteiger partial charge on any atom is -0.503 e. The van der Waals surface area contributed by atoms with E-state index in [0.717, 1.165) is 35.0 Å². The Morgan fingerprint density at radius 2 is 2.15 bits per heavy atom. The number of hydrogen-bond donors (Lipinski definition) is 2. The number of thiophene rings is 1. The van der Waals surface area contributed by atoms with Crippen LogP contribution in [0.4, 0.5) is 0 Å². The lowest BCUT2D eigenvalue weighted by molar-refractivity contribution is 0.317. The van der Waals surface area contributed by atoms with E-state index in [1.807, 2.05) is 13.0 Å². The minimum absolute atomic E-state index is 0.0686. The molecule has 27 heavy (non-hydrogen) atoms. The Labute approximate surface area is 168 Å². The lowest BCUT2D eigenvalue weighted by Gasteiger charge is -2.09. The second kappa shape index (κ2) is 7.48. The third-order valence-electron chi connectivity index (χ3n) is 4.63. The van der Waals surface area contributed by atoms with Crippen LogP contribution in [-0.2, 0) is 12.8 Å². The van der Waals surface area contributed by atoms with Gasteiger partial charge in [0.15, 0.2) is 11.5 Å². The van der Waals surface area contributed by atoms with Crippen LogP contribution in [0.5, 0.6) is 11.5 Å². The van der Waals surface area contributed by atoms with E-state index in [0.29, 0.717) is 22.7 Å². The van der Waals surface area contributed by atoms with Crippen molar-refractivity contribution < 1.29 is 9.84 Å². The van der Waals surface area contributed by atoms with Crippen molar-refractivity contribution in [1.29, 1.82) is 0 Å². The van der Waals surface area contributed by atoms with Crippen LogP contribution in [0.15, 0.2) is 21.4 Å². The zero-order valence-electron chi connectivity index (χ0n) is 14.8. The maximum atomic E-state index is 12.6. The molecule has 4 rings (SSSR count). The Balaban J connectivity index is 1.70. The van der Waals surface area contributed by atoms with Crippen LogP contribution < -0.4 is 10.3 Å². The van der Waals surface area contributed by atoms with Gasteiger partial charge in [0.1, 0.15) is 10.7 Å². The number of nitrogens with zero attached hydrogens (tertiary/aromatic N) is 1. The highest BCUT2D eigenvalue weighted by molar-refractivity contribution is 9.10. The Morgan fingerprint density at radius 3 is 2.96 bits per heavy atom. The molecule has 0 atom stereocenters. The summed E-state index contributed by atoms with van der Waals surface area (Å²) in [4.78, 5) is 22.2. The predicted molar refractivity (Wildman–Crippen MR) is 113 cm³/mol. The summed E-state index contributed by atoms with van der Waals surface area (Å²) in [7, 11) is 0. The number of rotatable bonds is 4. The van der Waals surface area contributed by atoms with Crippen LogP contribution in [-0.4, -0.2) is 21.7 Å². The van der Waals surface area contributed by atoms with Crippen LogP contribution in [0.25, 0.3) is 22.4 Å². The van der Waals surface area contributed by atoms with Crippen LogP contribution in [0.1, 0.15) is 41.6 Å². The zero-order valence-corrected chi connectivity index (χ0v) is 17.2. The van der Waals surface area contributed by atoms with Gasteiger partial charge in [-0.3, -0.25) is 4.79 Å². The molecule has 5 nitrogen and oxygen atoms in total. The normalized spacial score (nSPS) is 14.0. The average Bonchev–Trinajstić information content (AvgIpc) is 3.03. The number of hydrogen-bond acceptors (Lipinski definition) is 5. The molecule has 7 heteroatoms. The summed E-state index contributed by atoms with van der Waals surface area (Å²) in [6.45, 7) is 2.32. The largest absolute Gasteiger partial charge is 0.503 e. The standard InChI is InChI=1S/C20H19BrN2O3S/c1-2-26-14-10-11(9-13(21)18(14)24)7-8-16-22-19(25)17-12-5-3-4-6-15(12)27-20(17)23-16/h7-10,24H,2-6H2,1H3,(H,22,23,25)/b8-7+. The molecular formula is C20H19BrN2O3S. The highest BCUT2D eigenvalue weighted by Gasteiger charge is 2.19. The van der Waals surface area contributed by atoms with Gasteiger partial charge in [-0.1, -0.05) is 6.08 Å². The van der Waals surface area contributed by atoms with Crippen molar-refractivity contribution in [3.63, 3.8) is 0 Å². The van der Waals surface area contributed by atoms with E-state index < -0.39 is 0 Å². The Kier molecular flexibility index (Phi) is 5.06. The third-order valence-corrected chi connectivity index (χ3v) is 6.42. The number of aromatic nitrogens is 2. The fourth-order valence-corrected chi connectivity index (χ4v) is 5.12. The number of nitrogens with one attached hydrogen (secondary N) is 1. The fraction of sp³-hybridized carbons (Fsp3) is 0.300. The molecule has 2 aromatic heterocycles. The van der Waals surface area contributed by atoms with Crippen molar-refractivity contribution >= 4 is 49.6 Å². The SMILES string of the molecule is CCOc1cc(/C=C/c2nc3sc4c(c3c(=O)[nH]2)CCCC4)cc(Br)c1O. The topological polar surface area (TPSA) is 75.2 Å². The molecule has 0 saturated carbocycles. The van der Waals surface area contributed by atoms with E-state index in [1.54, 1.807) is 29.5 Å². The number of aromatic amines is 1. The van der Waals surface area contributed by atoms with Gasteiger partial charge in [-0.25, -0.2) is 4.98 Å². The van der Waals surface area contributed by atoms with Gasteiger partial charge in [0.25, 0.3) is 5.56 Å². The molecule has 2 heterocycles. The predicted octanol–water partition coefficient (Wildman–Crippen LogP) is 4.90. The first-order valence-corrected chi connectivity index (χ1v) is 10.6. The van der Waals surface area contributed by atoms with Gasteiger partial charge in [-0.15, -0.1) is 11.3 Å². The molecule has 1 aliphatic carbocycles. The third kappa shape index (κ3) is 3.53. The second-order valence-corrected chi connectivity index (χ2v) is 8.40. The molecule has 1 aromatic carbocycles. The van der Waals surface area contributed by atoms with Crippen molar-refractivity contribution in [2.24, 2.45) is 0 Å². The van der Waals surface area contributed by atoms with Crippen molar-refractivity contribution in [2.75, 3.05) is 6.61 Å². The number of aromatic hydroxyl groups is 1. The van der Waals surface area contributed by atoms with Gasteiger partial charge in [-0.05, 0) is 77.9 Å². The number of H-pyrrole nitrogens is 1. The van der Waals surface area contributed by atoms with Crippen LogP contribution >= 0.6 is 27.3 Å². The van der Waals surface area contributed by atoms with Gasteiger partial charge in [0.05, 0.1) is 16.5 Å². The van der Waals surface area contributed by atoms with Gasteiger partial charge < -0.3 is 14.8 Å². The molecule has 1 aliphatic rings. The maximum Gasteiger partial charge on any atom is 0.260 e. The number of phenolic OH excluding ortho intramolecular Hbond substituents is 1. The van der Waals surface area contributed by atoms with Crippen molar-refractivity contribution in [1.82, 2.24) is 9.97 Å². The number of ether oxygens (including phenoxy) is 1. The first-order chi connectivity index (χ1) is 13.1. The maximum absolute atomic E-state index is 12.6. The molecule has 0 amide bonds. The van der Waals surface area contributed by atoms with Crippen molar-refractivity contribution in [3.05, 3.63) is 48.8 Å². The summed E-state index contributed by atoms with van der Waals surface area (Å²) in [6.07, 6.45) is 7.94. The van der Waals surface area contributed by atoms with Crippen LogP contribution in [0.3, 0.4) is 0 Å². The molecule has 0 unspecified atom stereocenters. The smallest absolute Gasteiger partial charge is 0.260 e. The van der Waals surface area contributed by atoms with E-state index in [9.17, 15) is 9.90 Å². The summed E-state index contributed by atoms with van der Waals surface area (Å²) < 4.78 is 6.00. The molecule has 0 spiro atoms. The lowest BCUT2D eigenvalue weighted by Crippen LogP contribution is -2.11. The molecule has 2 N–H and O–H groups in total. The number of aryl methyl sites for hydroxylation is 2. The molecule has 140 valence electrons. The van der Waals surface area contributed by atoms with E-state index in [1.165, 1.54) is 16.9 Å². The number of fused-ring (bicyclic) bond motifs is 3. The number of halogens is 1. The highest BCUT2D eigenvalue weighted by atomic mass is 79.9. The highest BCUT2D eigenvalue weighted by Crippen LogP contribution is 2.36. The second-order valence-electron chi connectivity index (χ2n) is 6.46. The minimum atomic E-state index is -0.0686. The summed E-state index contributed by atoms with van der Waals surface area (Å²) in [5.41, 5.74) is 1.95. The van der Waals surface area contributed by atoms with Gasteiger partial charge in [-0.2, -0.15) is 0 Å². The average molecular weight is 447 g/mol. The van der Waals surface area contributed by atoms with Gasteiger partial charge in [0, 0.05) is 4.88 Å². The Morgan fingerprint density at radius 1 is 1.33 bits per heavy atom. The molecule has 3 aromatic rings. The molecule has 0 bridgehead atoms. The summed E-state index contributed by atoms with van der Waals surface area (Å²) in [5.74, 6) is 1.01. The summed E-state index contributed by atoms with van der Waals surface area (Å²) in [5, 5.41) is 10.8.